The van der Waals surface area contributed by atoms with Crippen LogP contribution >= 0.6 is 46.6 Å². The quantitative estimate of drug-likeness (QED) is 0.372. The summed E-state index contributed by atoms with van der Waals surface area (Å²) in [6.07, 6.45) is 0. The number of thioether (sulfide) groups is 1. The molecule has 0 saturated carbocycles. The molecule has 0 aliphatic carbocycles. The van der Waals surface area contributed by atoms with E-state index in [4.69, 9.17) is 34.8 Å². The summed E-state index contributed by atoms with van der Waals surface area (Å²) in [5.41, 5.74) is 0.469. The van der Waals surface area contributed by atoms with Crippen molar-refractivity contribution < 1.29 is 17.9 Å². The zero-order valence-corrected chi connectivity index (χ0v) is 18.0. The number of nitrogens with one attached hydrogen (secondary N) is 1. The smallest absolute Gasteiger partial charge is 0.315 e. The molecule has 0 aromatic heterocycles. The van der Waals surface area contributed by atoms with E-state index in [2.05, 4.69) is 9.46 Å². The second-order valence-electron chi connectivity index (χ2n) is 5.34. The molecule has 0 amide bonds. The molecule has 2 aromatic carbocycles. The topological polar surface area (TPSA) is 72.5 Å². The first-order valence-corrected chi connectivity index (χ1v) is 11.2. The second-order valence-corrected chi connectivity index (χ2v) is 10.5. The summed E-state index contributed by atoms with van der Waals surface area (Å²) < 4.78 is 30.3. The summed E-state index contributed by atoms with van der Waals surface area (Å²) >= 11 is 19.4. The first-order chi connectivity index (χ1) is 12.6. The lowest BCUT2D eigenvalue weighted by Gasteiger charge is -2.26. The Morgan fingerprint density at radius 1 is 1.11 bits per heavy atom. The number of hydrogen-bond donors (Lipinski definition) is 1. The lowest BCUT2D eigenvalue weighted by molar-refractivity contribution is -0.137. The Morgan fingerprint density at radius 2 is 1.70 bits per heavy atom. The van der Waals surface area contributed by atoms with E-state index in [1.807, 2.05) is 0 Å². The van der Waals surface area contributed by atoms with Crippen molar-refractivity contribution in [2.24, 2.45) is 0 Å². The van der Waals surface area contributed by atoms with Gasteiger partial charge in [0, 0.05) is 4.90 Å². The number of esters is 1. The minimum Gasteiger partial charge on any atom is -0.468 e. The number of alkyl halides is 3. The molecule has 0 saturated heterocycles. The molecule has 0 aliphatic rings. The Hall–Kier alpha value is -0.960. The third kappa shape index (κ3) is 6.55. The highest BCUT2D eigenvalue weighted by Crippen LogP contribution is 2.41. The van der Waals surface area contributed by atoms with Crippen LogP contribution in [0.1, 0.15) is 11.6 Å². The second kappa shape index (κ2) is 9.49. The van der Waals surface area contributed by atoms with Gasteiger partial charge >= 0.3 is 5.97 Å². The number of hydrogen-bond acceptors (Lipinski definition) is 5. The van der Waals surface area contributed by atoms with Crippen molar-refractivity contribution in [3.8, 4) is 0 Å². The summed E-state index contributed by atoms with van der Waals surface area (Å²) in [5, 5.41) is 0. The maximum Gasteiger partial charge on any atom is 0.315 e. The van der Waals surface area contributed by atoms with Crippen molar-refractivity contribution in [3.63, 3.8) is 0 Å². The maximum absolute atomic E-state index is 12.6. The number of rotatable bonds is 7. The number of methoxy groups -OCH3 is 1. The standard InChI is InChI=1S/C17H16Cl3NO4S2/c1-25-15(22)11-26-13-9-7-12(8-10-13)16(17(18,19)20)21-27(23,24)14-5-3-2-4-6-14/h2-10,16,21H,11H2,1H3/t16-/m1/s1. The highest BCUT2D eigenvalue weighted by molar-refractivity contribution is 8.00. The summed E-state index contributed by atoms with van der Waals surface area (Å²) in [6, 6.07) is 13.4. The molecule has 0 spiro atoms. The van der Waals surface area contributed by atoms with E-state index in [1.165, 1.54) is 31.0 Å². The van der Waals surface area contributed by atoms with E-state index in [0.29, 0.717) is 5.56 Å². The van der Waals surface area contributed by atoms with Gasteiger partial charge in [0.25, 0.3) is 0 Å². The van der Waals surface area contributed by atoms with Crippen LogP contribution in [0.2, 0.25) is 0 Å². The molecule has 1 N–H and O–H groups in total. The van der Waals surface area contributed by atoms with Crippen molar-refractivity contribution in [3.05, 3.63) is 60.2 Å². The minimum atomic E-state index is -3.90. The highest BCUT2D eigenvalue weighted by Gasteiger charge is 2.37. The van der Waals surface area contributed by atoms with Gasteiger partial charge in [0.1, 0.15) is 0 Å². The average molecular weight is 469 g/mol. The van der Waals surface area contributed by atoms with Crippen LogP contribution in [-0.4, -0.2) is 31.0 Å². The molecule has 0 radical (unpaired) electrons. The van der Waals surface area contributed by atoms with Crippen molar-refractivity contribution in [2.45, 2.75) is 19.6 Å². The minimum absolute atomic E-state index is 0.0644. The molecule has 0 heterocycles. The van der Waals surface area contributed by atoms with Gasteiger partial charge < -0.3 is 4.74 Å². The normalized spacial score (nSPS) is 13.2. The summed E-state index contributed by atoms with van der Waals surface area (Å²) in [5.74, 6) is -0.191. The van der Waals surface area contributed by atoms with Gasteiger partial charge in [0.2, 0.25) is 13.8 Å². The Kier molecular flexibility index (Phi) is 7.85. The zero-order valence-electron chi connectivity index (χ0n) is 14.1. The molecule has 1 atom stereocenters. The van der Waals surface area contributed by atoms with Gasteiger partial charge in [-0.15, -0.1) is 11.8 Å². The van der Waals surface area contributed by atoms with Gasteiger partial charge in [-0.05, 0) is 29.8 Å². The maximum atomic E-state index is 12.6. The van der Waals surface area contributed by atoms with E-state index in [9.17, 15) is 13.2 Å². The SMILES string of the molecule is COC(=O)CSc1ccc([C@@H](NS(=O)(=O)c2ccccc2)C(Cl)(Cl)Cl)cc1. The zero-order chi connectivity index (χ0) is 20.1. The molecule has 5 nitrogen and oxygen atoms in total. The van der Waals surface area contributed by atoms with E-state index in [1.54, 1.807) is 42.5 Å². The van der Waals surface area contributed by atoms with Crippen molar-refractivity contribution in [1.82, 2.24) is 4.72 Å². The molecule has 146 valence electrons. The summed E-state index contributed by atoms with van der Waals surface area (Å²) in [7, 11) is -2.58. The van der Waals surface area contributed by atoms with Crippen LogP contribution in [0.4, 0.5) is 0 Å². The summed E-state index contributed by atoms with van der Waals surface area (Å²) in [6.45, 7) is 0. The van der Waals surface area contributed by atoms with Crippen LogP contribution < -0.4 is 4.72 Å². The Bertz CT molecular complexity index is 869. The number of carbonyl (C=O) groups excluding carboxylic acids is 1. The number of sulfonamides is 1. The molecule has 0 unspecified atom stereocenters. The molecular weight excluding hydrogens is 453 g/mol. The van der Waals surface area contributed by atoms with E-state index < -0.39 is 19.9 Å². The van der Waals surface area contributed by atoms with E-state index >= 15 is 0 Å². The van der Waals surface area contributed by atoms with Crippen LogP contribution in [0.25, 0.3) is 0 Å². The van der Waals surface area contributed by atoms with Crippen molar-refractivity contribution in [1.29, 1.82) is 0 Å². The molecule has 27 heavy (non-hydrogen) atoms. The van der Waals surface area contributed by atoms with Gasteiger partial charge in [0.05, 0.1) is 23.8 Å². The largest absolute Gasteiger partial charge is 0.468 e. The molecule has 0 fully saturated rings. The van der Waals surface area contributed by atoms with Gasteiger partial charge in [-0.2, -0.15) is 4.72 Å². The number of carbonyl (C=O) groups is 1. The number of halogens is 3. The van der Waals surface area contributed by atoms with Gasteiger partial charge in [-0.1, -0.05) is 65.1 Å². The molecule has 10 heteroatoms. The molecule has 0 bridgehead atoms. The first-order valence-electron chi connectivity index (χ1n) is 7.57. The van der Waals surface area contributed by atoms with Crippen LogP contribution in [0.5, 0.6) is 0 Å². The Labute approximate surface area is 177 Å². The molecule has 2 rings (SSSR count). The van der Waals surface area contributed by atoms with E-state index in [-0.39, 0.29) is 16.6 Å². The first kappa shape index (κ1) is 22.3. The number of benzene rings is 2. The van der Waals surface area contributed by atoms with Gasteiger partial charge in [0.15, 0.2) is 0 Å². The lowest BCUT2D eigenvalue weighted by Crippen LogP contribution is -2.36. The van der Waals surface area contributed by atoms with Crippen LogP contribution in [-0.2, 0) is 19.6 Å². The Morgan fingerprint density at radius 3 is 2.22 bits per heavy atom. The third-order valence-electron chi connectivity index (χ3n) is 3.45. The monoisotopic (exact) mass is 467 g/mol. The third-order valence-corrected chi connectivity index (χ3v) is 6.53. The molecule has 0 aliphatic heterocycles. The predicted octanol–water partition coefficient (Wildman–Crippen LogP) is 4.34. The number of ether oxygens (including phenoxy) is 1. The van der Waals surface area contributed by atoms with Crippen LogP contribution in [0.15, 0.2) is 64.4 Å². The van der Waals surface area contributed by atoms with Crippen molar-refractivity contribution in [2.75, 3.05) is 12.9 Å². The molecule has 2 aromatic rings. The predicted molar refractivity (Wildman–Crippen MR) is 109 cm³/mol. The van der Waals surface area contributed by atoms with Crippen LogP contribution in [0.3, 0.4) is 0 Å². The van der Waals surface area contributed by atoms with Crippen molar-refractivity contribution >= 4 is 62.6 Å². The van der Waals surface area contributed by atoms with Gasteiger partial charge in [-0.25, -0.2) is 8.42 Å². The lowest BCUT2D eigenvalue weighted by atomic mass is 10.1. The van der Waals surface area contributed by atoms with Crippen LogP contribution in [0, 0.1) is 0 Å². The fourth-order valence-corrected chi connectivity index (χ4v) is 4.85. The molecular formula is C17H16Cl3NO4S2. The fraction of sp³-hybridized carbons (Fsp3) is 0.235. The fourth-order valence-electron chi connectivity index (χ4n) is 2.10. The van der Waals surface area contributed by atoms with Gasteiger partial charge in [-0.3, -0.25) is 4.79 Å². The summed E-state index contributed by atoms with van der Waals surface area (Å²) in [4.78, 5) is 12.1. The average Bonchev–Trinajstić information content (AvgIpc) is 2.64. The van der Waals surface area contributed by atoms with E-state index in [0.717, 1.165) is 4.90 Å². The highest BCUT2D eigenvalue weighted by atomic mass is 35.6. The Balaban J connectivity index is 2.23.